The summed E-state index contributed by atoms with van der Waals surface area (Å²) in [6.07, 6.45) is -0.507. The Bertz CT molecular complexity index is 1480. The van der Waals surface area contributed by atoms with Gasteiger partial charge in [-0.25, -0.2) is 14.6 Å². The first-order valence-corrected chi connectivity index (χ1v) is 22.0. The number of methoxy groups -OCH3 is 4. The molecule has 0 bridgehead atoms. The van der Waals surface area contributed by atoms with Gasteiger partial charge < -0.3 is 28.4 Å². The van der Waals surface area contributed by atoms with Crippen molar-refractivity contribution in [3.8, 4) is 23.0 Å². The van der Waals surface area contributed by atoms with E-state index in [2.05, 4.69) is 76.8 Å². The maximum Gasteiger partial charge on any atom is 0.347 e. The van der Waals surface area contributed by atoms with Gasteiger partial charge in [0.2, 0.25) is 11.5 Å². The molecule has 2 aromatic rings. The van der Waals surface area contributed by atoms with Crippen molar-refractivity contribution in [2.24, 2.45) is 4.99 Å². The number of halogens is 3. The molecule has 1 aliphatic rings. The number of nitrogens with zero attached hydrogens (tertiary/aromatic N) is 1. The van der Waals surface area contributed by atoms with Crippen LogP contribution >= 0.6 is 90.2 Å². The Morgan fingerprint density at radius 1 is 0.824 bits per heavy atom. The monoisotopic (exact) mass is 1010 g/mol. The molecule has 0 amide bonds. The Morgan fingerprint density at radius 3 is 1.65 bits per heavy atom. The lowest BCUT2D eigenvalue weighted by Gasteiger charge is -2.19. The van der Waals surface area contributed by atoms with Crippen LogP contribution in [-0.2, 0) is 19.1 Å². The highest BCUT2D eigenvalue weighted by molar-refractivity contribution is 14.1. The molecule has 0 unspecified atom stereocenters. The highest BCUT2D eigenvalue weighted by Gasteiger charge is 2.30. The molecule has 3 rings (SSSR count). The van der Waals surface area contributed by atoms with Crippen molar-refractivity contribution in [3.05, 3.63) is 54.7 Å². The van der Waals surface area contributed by atoms with E-state index in [0.29, 0.717) is 38.4 Å². The number of rotatable bonds is 10. The minimum atomic E-state index is -0.590. The van der Waals surface area contributed by atoms with Crippen LogP contribution in [0.5, 0.6) is 23.0 Å². The Balaban J connectivity index is 0. The highest BCUT2D eigenvalue weighted by Crippen LogP contribution is 2.44. The topological polar surface area (TPSA) is 119 Å². The number of aliphatic imine (C=N–C) groups is 1. The number of thioether (sulfide) groups is 2. The van der Waals surface area contributed by atoms with Gasteiger partial charge in [0.15, 0.2) is 17.1 Å². The van der Waals surface area contributed by atoms with Gasteiger partial charge >= 0.3 is 11.9 Å². The van der Waals surface area contributed by atoms with Gasteiger partial charge in [-0.1, -0.05) is 54.5 Å². The Labute approximate surface area is 347 Å². The van der Waals surface area contributed by atoms with Gasteiger partial charge in [-0.15, -0.1) is 23.5 Å². The van der Waals surface area contributed by atoms with Gasteiger partial charge in [-0.2, -0.15) is 0 Å². The molecule has 0 radical (unpaired) electrons. The molecule has 10 nitrogen and oxygen atoms in total. The van der Waals surface area contributed by atoms with Gasteiger partial charge in [0.25, 0.3) is 0 Å². The Hall–Kier alpha value is -1.82. The summed E-state index contributed by atoms with van der Waals surface area (Å²) in [6.45, 7) is 10.7. The van der Waals surface area contributed by atoms with Crippen molar-refractivity contribution in [1.29, 1.82) is 0 Å². The number of aryl methyl sites for hydroxylation is 1. The molecule has 1 heterocycles. The molecule has 0 aromatic heterocycles. The van der Waals surface area contributed by atoms with Gasteiger partial charge in [0.05, 0.1) is 61.2 Å². The summed E-state index contributed by atoms with van der Waals surface area (Å²) in [4.78, 5) is 42.6. The Morgan fingerprint density at radius 2 is 1.27 bits per heavy atom. The van der Waals surface area contributed by atoms with E-state index in [9.17, 15) is 14.4 Å². The van der Waals surface area contributed by atoms with E-state index < -0.39 is 11.9 Å². The first-order valence-electron chi connectivity index (χ1n) is 15.0. The van der Waals surface area contributed by atoms with E-state index in [1.54, 1.807) is 54.0 Å². The van der Waals surface area contributed by atoms with Crippen molar-refractivity contribution in [1.82, 2.24) is 0 Å². The number of ketones is 1. The number of esters is 2. The van der Waals surface area contributed by atoms with E-state index in [4.69, 9.17) is 28.4 Å². The number of isothiocyanates is 1. The minimum Gasteiger partial charge on any atom is -0.496 e. The summed E-state index contributed by atoms with van der Waals surface area (Å²) < 4.78 is 33.4. The van der Waals surface area contributed by atoms with E-state index in [1.807, 2.05) is 30.7 Å². The summed E-state index contributed by atoms with van der Waals surface area (Å²) >= 11 is 15.7. The lowest BCUT2D eigenvalue weighted by Crippen LogP contribution is -2.23. The predicted molar refractivity (Wildman–Crippen MR) is 230 cm³/mol. The summed E-state index contributed by atoms with van der Waals surface area (Å²) in [5, 5.41) is 2.14. The molecule has 0 aliphatic carbocycles. The Kier molecular flexibility index (Phi) is 28.8. The van der Waals surface area contributed by atoms with Crippen molar-refractivity contribution in [2.45, 2.75) is 53.8 Å². The largest absolute Gasteiger partial charge is 0.496 e. The van der Waals surface area contributed by atoms with Crippen molar-refractivity contribution >= 4 is 113 Å². The highest BCUT2D eigenvalue weighted by atomic mass is 127. The SMILES string of the molecule is CBr.CC(C)OC(=O)C(C(=O)OC(C)C)=C1SCCS1.CI.CN=C=S.COc1cc(C)c(C(=O)c2c(OC)ccc(Br)c2C)c(OC)c1OC. The van der Waals surface area contributed by atoms with Crippen LogP contribution in [0.15, 0.2) is 37.5 Å². The van der Waals surface area contributed by atoms with E-state index in [0.717, 1.165) is 27.1 Å². The smallest absolute Gasteiger partial charge is 0.347 e. The molecule has 2 aromatic carbocycles. The third-order valence-corrected chi connectivity index (χ3v) is 9.76. The molecular formula is C35H48Br2INO9S3. The molecular weight excluding hydrogens is 961 g/mol. The maximum atomic E-state index is 13.4. The molecule has 51 heavy (non-hydrogen) atoms. The zero-order valence-electron chi connectivity index (χ0n) is 31.3. The number of hydrogen-bond donors (Lipinski definition) is 0. The van der Waals surface area contributed by atoms with Crippen LogP contribution in [0, 0.1) is 13.8 Å². The van der Waals surface area contributed by atoms with Gasteiger partial charge in [-0.05, 0) is 93.8 Å². The average Bonchev–Trinajstić information content (AvgIpc) is 3.64. The fourth-order valence-electron chi connectivity index (χ4n) is 4.05. The normalized spacial score (nSPS) is 11.0. The van der Waals surface area contributed by atoms with Crippen LogP contribution in [0.2, 0.25) is 0 Å². The van der Waals surface area contributed by atoms with Gasteiger partial charge in [0, 0.05) is 23.0 Å². The number of hydrogen-bond acceptors (Lipinski definition) is 13. The second kappa shape index (κ2) is 28.7. The van der Waals surface area contributed by atoms with Crippen LogP contribution in [0.3, 0.4) is 0 Å². The van der Waals surface area contributed by atoms with Crippen molar-refractivity contribution in [2.75, 3.05) is 57.8 Å². The second-order valence-corrected chi connectivity index (χ2v) is 13.5. The average molecular weight is 1010 g/mol. The summed E-state index contributed by atoms with van der Waals surface area (Å²) in [6, 6.07) is 5.37. The van der Waals surface area contributed by atoms with Crippen LogP contribution in [-0.4, -0.2) is 92.8 Å². The predicted octanol–water partition coefficient (Wildman–Crippen LogP) is 9.69. The van der Waals surface area contributed by atoms with Crippen LogP contribution in [0.1, 0.15) is 54.7 Å². The number of carbonyl (C=O) groups excluding carboxylic acids is 3. The summed E-state index contributed by atoms with van der Waals surface area (Å²) in [5.74, 6) is 3.95. The molecule has 286 valence electrons. The zero-order valence-corrected chi connectivity index (χ0v) is 39.1. The van der Waals surface area contributed by atoms with Crippen LogP contribution < -0.4 is 18.9 Å². The van der Waals surface area contributed by atoms with Crippen LogP contribution in [0.25, 0.3) is 0 Å². The lowest BCUT2D eigenvalue weighted by atomic mass is 9.93. The number of carbonyl (C=O) groups is 3. The molecule has 0 saturated carbocycles. The third kappa shape index (κ3) is 16.4. The molecule has 0 atom stereocenters. The first-order chi connectivity index (χ1) is 24.2. The molecule has 16 heteroatoms. The number of benzene rings is 2. The summed E-state index contributed by atoms with van der Waals surface area (Å²) in [7, 11) is 7.68. The van der Waals surface area contributed by atoms with Gasteiger partial charge in [-0.3, -0.25) is 4.79 Å². The van der Waals surface area contributed by atoms with Crippen LogP contribution in [0.4, 0.5) is 0 Å². The lowest BCUT2D eigenvalue weighted by molar-refractivity contribution is -0.150. The third-order valence-electron chi connectivity index (χ3n) is 6.00. The quantitative estimate of drug-likeness (QED) is 0.0260. The van der Waals surface area contributed by atoms with Crippen molar-refractivity contribution < 1.29 is 42.8 Å². The number of ether oxygens (including phenoxy) is 6. The molecule has 1 aliphatic heterocycles. The second-order valence-electron chi connectivity index (χ2n) is 10.00. The molecule has 0 spiro atoms. The van der Waals surface area contributed by atoms with E-state index in [-0.39, 0.29) is 23.6 Å². The minimum absolute atomic E-state index is 0.0462. The number of thiocarbonyl (C=S) groups is 1. The van der Waals surface area contributed by atoms with E-state index in [1.165, 1.54) is 44.9 Å². The van der Waals surface area contributed by atoms with E-state index >= 15 is 0 Å². The summed E-state index contributed by atoms with van der Waals surface area (Å²) in [5.41, 5.74) is 2.46. The number of alkyl halides is 2. The standard InChI is InChI=1S/C19H21BrO5.C12H18O4S2.C2H3NS.CH3Br.CH3I/c1-10-9-14(23-4)18(24-5)19(25-6)15(10)17(21)16-11(2)12(20)7-8-13(16)22-3;1-7(2)15-10(13)9(11(14)16-8(3)4)12-17-5-6-18-12;1-3-2-4;2*1-2/h7-9H,1-6H3;7-8H,5-6H2,1-4H3;1H3;2*1H3. The first kappa shape index (κ1) is 51.3. The molecule has 0 N–H and O–H groups in total. The van der Waals surface area contributed by atoms with Gasteiger partial charge in [0.1, 0.15) is 5.75 Å². The maximum absolute atomic E-state index is 13.4. The molecule has 1 fully saturated rings. The zero-order chi connectivity index (χ0) is 39.8. The van der Waals surface area contributed by atoms with Crippen molar-refractivity contribution in [3.63, 3.8) is 0 Å². The fraction of sp³-hybridized carbons (Fsp3) is 0.486. The molecule has 1 saturated heterocycles. The fourth-order valence-corrected chi connectivity index (χ4v) is 6.87.